The predicted octanol–water partition coefficient (Wildman–Crippen LogP) is 3.52. The number of carbonyl (C=O) groups is 2. The maximum absolute atomic E-state index is 12.7. The minimum atomic E-state index is -0.347. The lowest BCUT2D eigenvalue weighted by Gasteiger charge is -2.24. The zero-order valence-corrected chi connectivity index (χ0v) is 17.9. The zero-order valence-electron chi connectivity index (χ0n) is 17.9. The molecule has 0 unspecified atom stereocenters. The first kappa shape index (κ1) is 22.9. The normalized spacial score (nSPS) is 9.79. The van der Waals surface area contributed by atoms with Crippen molar-refractivity contribution >= 4 is 28.9 Å². The molecule has 0 aliphatic carbocycles. The Morgan fingerprint density at radius 1 is 0.818 bits per heavy atom. The van der Waals surface area contributed by atoms with Crippen LogP contribution < -0.4 is 20.3 Å². The second kappa shape index (κ2) is 11.0. The molecule has 33 heavy (non-hydrogen) atoms. The molecule has 2 N–H and O–H groups in total. The van der Waals surface area contributed by atoms with Gasteiger partial charge in [-0.15, -0.1) is 0 Å². The molecule has 2 amide bonds. The molecule has 3 aromatic rings. The van der Waals surface area contributed by atoms with E-state index in [1.54, 1.807) is 84.8 Å². The number of methoxy groups -OCH3 is 1. The second-order valence-electron chi connectivity index (χ2n) is 7.04. The molecule has 0 radical (unpaired) electrons. The average Bonchev–Trinajstić information content (AvgIpc) is 2.83. The van der Waals surface area contributed by atoms with Gasteiger partial charge >= 0.3 is 0 Å². The Bertz CT molecular complexity index is 1150. The molecule has 8 heteroatoms. The molecular weight excluding hydrogens is 418 g/mol. The summed E-state index contributed by atoms with van der Waals surface area (Å²) in [6.07, 6.45) is 0. The van der Waals surface area contributed by atoms with Crippen molar-refractivity contribution in [2.24, 2.45) is 0 Å². The molecule has 0 atom stereocenters. The first-order valence-corrected chi connectivity index (χ1v) is 10.00. The van der Waals surface area contributed by atoms with E-state index in [-0.39, 0.29) is 24.9 Å². The third kappa shape index (κ3) is 6.58. The van der Waals surface area contributed by atoms with E-state index in [9.17, 15) is 9.59 Å². The van der Waals surface area contributed by atoms with Gasteiger partial charge in [-0.1, -0.05) is 12.1 Å². The predicted molar refractivity (Wildman–Crippen MR) is 125 cm³/mol. The van der Waals surface area contributed by atoms with E-state index in [1.807, 2.05) is 12.1 Å². The first-order chi connectivity index (χ1) is 16.0. The topological polar surface area (TPSA) is 118 Å². The van der Waals surface area contributed by atoms with E-state index < -0.39 is 0 Å². The fourth-order valence-corrected chi connectivity index (χ4v) is 3.11. The number of nitriles is 2. The Balaban J connectivity index is 1.75. The number of benzene rings is 3. The van der Waals surface area contributed by atoms with Gasteiger partial charge in [-0.3, -0.25) is 9.59 Å². The maximum atomic E-state index is 12.7. The molecule has 0 bridgehead atoms. The van der Waals surface area contributed by atoms with Gasteiger partial charge in [0.05, 0.1) is 43.5 Å². The van der Waals surface area contributed by atoms with Crippen molar-refractivity contribution in [1.82, 2.24) is 0 Å². The molecule has 8 nitrogen and oxygen atoms in total. The molecule has 0 heterocycles. The second-order valence-corrected chi connectivity index (χ2v) is 7.04. The van der Waals surface area contributed by atoms with E-state index in [1.165, 1.54) is 0 Å². The molecule has 0 aliphatic heterocycles. The smallest absolute Gasteiger partial charge is 0.243 e. The van der Waals surface area contributed by atoms with E-state index in [2.05, 4.69) is 10.6 Å². The van der Waals surface area contributed by atoms with E-state index >= 15 is 0 Å². The third-order valence-corrected chi connectivity index (χ3v) is 4.66. The van der Waals surface area contributed by atoms with Crippen molar-refractivity contribution in [2.75, 3.05) is 35.7 Å². The number of hydrogen-bond donors (Lipinski definition) is 2. The summed E-state index contributed by atoms with van der Waals surface area (Å²) in [7, 11) is 1.55. The molecule has 3 aromatic carbocycles. The lowest BCUT2D eigenvalue weighted by molar-refractivity contribution is -0.115. The summed E-state index contributed by atoms with van der Waals surface area (Å²) in [4.78, 5) is 27.0. The highest BCUT2D eigenvalue weighted by Gasteiger charge is 2.16. The molecule has 0 fully saturated rings. The van der Waals surface area contributed by atoms with Crippen molar-refractivity contribution in [3.05, 3.63) is 83.9 Å². The van der Waals surface area contributed by atoms with Crippen LogP contribution in [0.1, 0.15) is 11.1 Å². The Labute approximate surface area is 191 Å². The summed E-state index contributed by atoms with van der Waals surface area (Å²) in [5, 5.41) is 23.6. The Kier molecular flexibility index (Phi) is 7.61. The number of nitrogens with zero attached hydrogens (tertiary/aromatic N) is 3. The summed E-state index contributed by atoms with van der Waals surface area (Å²) < 4.78 is 5.18. The van der Waals surface area contributed by atoms with Crippen molar-refractivity contribution < 1.29 is 14.3 Å². The quantitative estimate of drug-likeness (QED) is 0.554. The van der Waals surface area contributed by atoms with Crippen LogP contribution in [0.2, 0.25) is 0 Å². The average molecular weight is 439 g/mol. The lowest BCUT2D eigenvalue weighted by Crippen LogP contribution is -2.39. The summed E-state index contributed by atoms with van der Waals surface area (Å²) in [6.45, 7) is -0.205. The lowest BCUT2D eigenvalue weighted by atomic mass is 10.2. The van der Waals surface area contributed by atoms with Crippen LogP contribution in [0.25, 0.3) is 0 Å². The van der Waals surface area contributed by atoms with Gasteiger partial charge < -0.3 is 20.3 Å². The summed E-state index contributed by atoms with van der Waals surface area (Å²) in [5.74, 6) is -0.0467. The van der Waals surface area contributed by atoms with E-state index in [4.69, 9.17) is 15.3 Å². The van der Waals surface area contributed by atoms with Crippen molar-refractivity contribution in [3.8, 4) is 17.9 Å². The van der Waals surface area contributed by atoms with Gasteiger partial charge in [0.2, 0.25) is 11.8 Å². The summed E-state index contributed by atoms with van der Waals surface area (Å²) >= 11 is 0. The van der Waals surface area contributed by atoms with Crippen LogP contribution in [0.4, 0.5) is 17.1 Å². The van der Waals surface area contributed by atoms with E-state index in [0.29, 0.717) is 33.9 Å². The van der Waals surface area contributed by atoms with Crippen LogP contribution in [0.3, 0.4) is 0 Å². The molecule has 0 saturated carbocycles. The van der Waals surface area contributed by atoms with Crippen LogP contribution >= 0.6 is 0 Å². The SMILES string of the molecule is COc1ccc(N(CC(=O)Nc2cccc(C#N)c2)CC(=O)Nc2cccc(C#N)c2)cc1. The number of amides is 2. The fourth-order valence-electron chi connectivity index (χ4n) is 3.11. The number of anilines is 3. The van der Waals surface area contributed by atoms with Gasteiger partial charge in [-0.25, -0.2) is 0 Å². The first-order valence-electron chi connectivity index (χ1n) is 10.00. The molecule has 3 rings (SSSR count). The van der Waals surface area contributed by atoms with Gasteiger partial charge in [0.15, 0.2) is 0 Å². The van der Waals surface area contributed by atoms with Crippen LogP contribution in [0.5, 0.6) is 5.75 Å². The van der Waals surface area contributed by atoms with Crippen LogP contribution in [-0.2, 0) is 9.59 Å². The fraction of sp³-hybridized carbons (Fsp3) is 0.120. The summed E-state index contributed by atoms with van der Waals surface area (Å²) in [5.41, 5.74) is 2.49. The minimum absolute atomic E-state index is 0.102. The highest BCUT2D eigenvalue weighted by molar-refractivity contribution is 5.98. The van der Waals surface area contributed by atoms with Gasteiger partial charge in [0.1, 0.15) is 5.75 Å². The number of ether oxygens (including phenoxy) is 1. The highest BCUT2D eigenvalue weighted by Crippen LogP contribution is 2.20. The number of rotatable bonds is 8. The zero-order chi connectivity index (χ0) is 23.6. The summed E-state index contributed by atoms with van der Waals surface area (Å²) in [6, 6.07) is 24.2. The van der Waals surface area contributed by atoms with Crippen LogP contribution in [-0.4, -0.2) is 32.0 Å². The Hall–Kier alpha value is -4.82. The maximum Gasteiger partial charge on any atom is 0.243 e. The molecule has 0 aromatic heterocycles. The Morgan fingerprint density at radius 3 is 1.73 bits per heavy atom. The van der Waals surface area contributed by atoms with E-state index in [0.717, 1.165) is 0 Å². The van der Waals surface area contributed by atoms with Crippen molar-refractivity contribution in [2.45, 2.75) is 0 Å². The van der Waals surface area contributed by atoms with Gasteiger partial charge in [0.25, 0.3) is 0 Å². The Morgan fingerprint density at radius 2 is 1.30 bits per heavy atom. The van der Waals surface area contributed by atoms with Crippen molar-refractivity contribution in [3.63, 3.8) is 0 Å². The number of nitrogens with one attached hydrogen (secondary N) is 2. The largest absolute Gasteiger partial charge is 0.497 e. The van der Waals surface area contributed by atoms with Gasteiger partial charge in [-0.05, 0) is 60.7 Å². The van der Waals surface area contributed by atoms with Crippen LogP contribution in [0.15, 0.2) is 72.8 Å². The standard InChI is InChI=1S/C25H21N5O3/c1-33-23-10-8-22(9-11-23)30(16-24(31)28-20-6-2-4-18(12-20)14-26)17-25(32)29-21-7-3-5-19(13-21)15-27/h2-13H,16-17H2,1H3,(H,28,31)(H,29,32). The molecule has 164 valence electrons. The number of carbonyl (C=O) groups excluding carboxylic acids is 2. The molecule has 0 spiro atoms. The van der Waals surface area contributed by atoms with Crippen LogP contribution in [0, 0.1) is 22.7 Å². The molecule has 0 saturated heterocycles. The third-order valence-electron chi connectivity index (χ3n) is 4.66. The van der Waals surface area contributed by atoms with Gasteiger partial charge in [0, 0.05) is 17.1 Å². The molecule has 0 aliphatic rings. The molecular formula is C25H21N5O3. The van der Waals surface area contributed by atoms with Crippen molar-refractivity contribution in [1.29, 1.82) is 10.5 Å². The number of hydrogen-bond acceptors (Lipinski definition) is 6. The highest BCUT2D eigenvalue weighted by atomic mass is 16.5. The minimum Gasteiger partial charge on any atom is -0.497 e. The monoisotopic (exact) mass is 439 g/mol. The van der Waals surface area contributed by atoms with Gasteiger partial charge in [-0.2, -0.15) is 10.5 Å².